The van der Waals surface area contributed by atoms with E-state index in [0.29, 0.717) is 19.4 Å². The lowest BCUT2D eigenvalue weighted by molar-refractivity contribution is -0.120. The monoisotopic (exact) mass is 552 g/mol. The summed E-state index contributed by atoms with van der Waals surface area (Å²) in [4.78, 5) is 28.9. The predicted octanol–water partition coefficient (Wildman–Crippen LogP) is 4.08. The van der Waals surface area contributed by atoms with Crippen molar-refractivity contribution in [2.24, 2.45) is 7.05 Å². The molecule has 12 heteroatoms. The number of hydrogen-bond acceptors (Lipinski definition) is 7. The Morgan fingerprint density at radius 3 is 2.36 bits per heavy atom. The molecule has 0 radical (unpaired) electrons. The molecule has 4 rings (SSSR count). The van der Waals surface area contributed by atoms with Crippen molar-refractivity contribution in [3.8, 4) is 11.8 Å². The summed E-state index contributed by atoms with van der Waals surface area (Å²) >= 11 is 0. The van der Waals surface area contributed by atoms with E-state index in [4.69, 9.17) is 18.9 Å². The summed E-state index contributed by atoms with van der Waals surface area (Å²) in [5.74, 6) is -1.79. The molecule has 1 aliphatic heterocycles. The normalized spacial score (nSPS) is 20.9. The van der Waals surface area contributed by atoms with Crippen LogP contribution in [-0.2, 0) is 21.3 Å². The molecule has 1 saturated carbocycles. The Kier molecular flexibility index (Phi) is 8.53. The van der Waals surface area contributed by atoms with E-state index in [1.54, 1.807) is 27.8 Å². The van der Waals surface area contributed by atoms with E-state index in [2.05, 4.69) is 10.3 Å². The molecule has 2 aliphatic rings. The third-order valence-corrected chi connectivity index (χ3v) is 6.68. The first-order valence-electron chi connectivity index (χ1n) is 13.3. The minimum atomic E-state index is -0.739. The van der Waals surface area contributed by atoms with Crippen LogP contribution in [0.15, 0.2) is 6.07 Å². The number of nitrogens with one attached hydrogen (secondary N) is 1. The van der Waals surface area contributed by atoms with Gasteiger partial charge in [0.2, 0.25) is 5.91 Å². The topological polar surface area (TPSA) is 104 Å². The van der Waals surface area contributed by atoms with Gasteiger partial charge in [-0.2, -0.15) is 4.98 Å². The minimum absolute atomic E-state index is 0.0488. The molecule has 1 aromatic carbocycles. The molecule has 2 fully saturated rings. The van der Waals surface area contributed by atoms with E-state index in [1.807, 2.05) is 6.92 Å². The zero-order valence-electron chi connectivity index (χ0n) is 23.4. The number of rotatable bonds is 8. The van der Waals surface area contributed by atoms with Gasteiger partial charge in [0.05, 0.1) is 25.8 Å². The highest BCUT2D eigenvalue weighted by atomic mass is 19.1. The second-order valence-electron chi connectivity index (χ2n) is 11.4. The number of imidazole rings is 1. The maximum absolute atomic E-state index is 15.4. The zero-order chi connectivity index (χ0) is 28.5. The van der Waals surface area contributed by atoms with E-state index in [-0.39, 0.29) is 60.0 Å². The summed E-state index contributed by atoms with van der Waals surface area (Å²) in [7, 11) is 1.57. The van der Waals surface area contributed by atoms with Crippen molar-refractivity contribution in [2.45, 2.75) is 90.3 Å². The van der Waals surface area contributed by atoms with Gasteiger partial charge >= 0.3 is 6.09 Å². The molecule has 1 aromatic heterocycles. The minimum Gasteiger partial charge on any atom is -0.483 e. The van der Waals surface area contributed by atoms with Crippen molar-refractivity contribution >= 4 is 23.0 Å². The van der Waals surface area contributed by atoms with Gasteiger partial charge in [-0.15, -0.1) is 0 Å². The van der Waals surface area contributed by atoms with Crippen LogP contribution in [0.3, 0.4) is 0 Å². The lowest BCUT2D eigenvalue weighted by Crippen LogP contribution is -2.57. The molecule has 216 valence electrons. The summed E-state index contributed by atoms with van der Waals surface area (Å²) in [6.45, 7) is 9.55. The Bertz CT molecular complexity index is 1200. The van der Waals surface area contributed by atoms with Gasteiger partial charge in [-0.3, -0.25) is 9.36 Å². The van der Waals surface area contributed by atoms with E-state index >= 15 is 4.39 Å². The number of halogens is 2. The third-order valence-electron chi connectivity index (χ3n) is 6.68. The van der Waals surface area contributed by atoms with Crippen LogP contribution in [-0.4, -0.2) is 76.1 Å². The van der Waals surface area contributed by atoms with Gasteiger partial charge in [-0.25, -0.2) is 13.6 Å². The van der Waals surface area contributed by atoms with Crippen LogP contribution in [0.2, 0.25) is 0 Å². The molecule has 10 nitrogen and oxygen atoms in total. The van der Waals surface area contributed by atoms with Crippen molar-refractivity contribution < 1.29 is 37.3 Å². The van der Waals surface area contributed by atoms with Crippen LogP contribution in [0, 0.1) is 11.6 Å². The molecule has 39 heavy (non-hydrogen) atoms. The van der Waals surface area contributed by atoms with Crippen LogP contribution in [0.5, 0.6) is 11.8 Å². The average Bonchev–Trinajstić information content (AvgIpc) is 3.13. The predicted molar refractivity (Wildman–Crippen MR) is 139 cm³/mol. The van der Waals surface area contributed by atoms with Crippen molar-refractivity contribution in [3.05, 3.63) is 17.7 Å². The van der Waals surface area contributed by atoms with Crippen molar-refractivity contribution in [1.29, 1.82) is 0 Å². The molecule has 1 saturated heterocycles. The highest BCUT2D eigenvalue weighted by Gasteiger charge is 2.36. The number of likely N-dealkylation sites (tertiary alicyclic amines) is 1. The highest BCUT2D eigenvalue weighted by Crippen LogP contribution is 2.34. The Hall–Kier alpha value is -3.15. The fraction of sp³-hybridized carbons (Fsp3) is 0.667. The number of fused-ring (bicyclic) bond motifs is 1. The summed E-state index contributed by atoms with van der Waals surface area (Å²) in [6, 6.07) is 1.04. The first kappa shape index (κ1) is 28.8. The maximum Gasteiger partial charge on any atom is 0.410 e. The van der Waals surface area contributed by atoms with Crippen LogP contribution < -0.4 is 14.8 Å². The van der Waals surface area contributed by atoms with Crippen LogP contribution in [0.25, 0.3) is 11.0 Å². The van der Waals surface area contributed by atoms with Crippen molar-refractivity contribution in [1.82, 2.24) is 19.8 Å². The fourth-order valence-corrected chi connectivity index (χ4v) is 4.75. The summed E-state index contributed by atoms with van der Waals surface area (Å²) in [5, 5.41) is 2.80. The Labute approximate surface area is 226 Å². The third kappa shape index (κ3) is 7.09. The molecule has 2 aromatic rings. The molecule has 1 N–H and O–H groups in total. The summed E-state index contributed by atoms with van der Waals surface area (Å²) in [5.41, 5.74) is -0.805. The van der Waals surface area contributed by atoms with Crippen LogP contribution in [0.4, 0.5) is 13.6 Å². The van der Waals surface area contributed by atoms with Gasteiger partial charge in [0.25, 0.3) is 6.01 Å². The molecule has 0 bridgehead atoms. The molecule has 0 unspecified atom stereocenters. The van der Waals surface area contributed by atoms with Gasteiger partial charge in [-0.05, 0) is 53.4 Å². The lowest BCUT2D eigenvalue weighted by atomic mass is 9.95. The summed E-state index contributed by atoms with van der Waals surface area (Å²) in [6.07, 6.45) is 1.89. The maximum atomic E-state index is 15.4. The van der Waals surface area contributed by atoms with E-state index in [1.165, 1.54) is 16.4 Å². The first-order chi connectivity index (χ1) is 18.3. The largest absolute Gasteiger partial charge is 0.483 e. The van der Waals surface area contributed by atoms with Gasteiger partial charge in [0.1, 0.15) is 28.8 Å². The van der Waals surface area contributed by atoms with Crippen LogP contribution in [0.1, 0.15) is 60.3 Å². The zero-order valence-corrected chi connectivity index (χ0v) is 23.4. The molecule has 1 atom stereocenters. The number of amides is 2. The number of hydrogen-bond donors (Lipinski definition) is 1. The molecular formula is C27H38F2N4O6. The van der Waals surface area contributed by atoms with Crippen molar-refractivity contribution in [3.63, 3.8) is 0 Å². The number of ether oxygens (including phenoxy) is 4. The Balaban J connectivity index is 1.34. The van der Waals surface area contributed by atoms with Crippen molar-refractivity contribution in [2.75, 3.05) is 19.7 Å². The quantitative estimate of drug-likeness (QED) is 0.526. The highest BCUT2D eigenvalue weighted by molar-refractivity contribution is 5.80. The smallest absolute Gasteiger partial charge is 0.410 e. The van der Waals surface area contributed by atoms with Gasteiger partial charge in [0, 0.05) is 26.1 Å². The van der Waals surface area contributed by atoms with Gasteiger partial charge in [0.15, 0.2) is 17.4 Å². The standard InChI is InChI=1S/C27H38F2N4O6/c1-15(30-16(2)34)14-36-17-7-9-18(10-8-17)38-25-31-23-20(28)11-21(22(29)24(23)32(25)6)37-19-12-33(13-19)26(35)39-27(3,4)5/h11,15,17-19H,7-10,12-14H2,1-6H3,(H,30,34)/t15-,17-,18-/m0/s1. The van der Waals surface area contributed by atoms with E-state index in [0.717, 1.165) is 18.9 Å². The summed E-state index contributed by atoms with van der Waals surface area (Å²) < 4.78 is 54.7. The van der Waals surface area contributed by atoms with Gasteiger partial charge in [-0.1, -0.05) is 0 Å². The number of nitrogens with zero attached hydrogens (tertiary/aromatic N) is 3. The molecule has 2 amide bonds. The van der Waals surface area contributed by atoms with E-state index < -0.39 is 29.4 Å². The molecular weight excluding hydrogens is 514 g/mol. The van der Waals surface area contributed by atoms with Crippen LogP contribution >= 0.6 is 0 Å². The number of benzene rings is 1. The lowest BCUT2D eigenvalue weighted by Gasteiger charge is -2.39. The van der Waals surface area contributed by atoms with E-state index in [9.17, 15) is 14.0 Å². The molecule has 1 aliphatic carbocycles. The average molecular weight is 553 g/mol. The first-order valence-corrected chi connectivity index (χ1v) is 13.3. The number of aryl methyl sites for hydroxylation is 1. The number of aromatic nitrogens is 2. The number of carbonyl (C=O) groups excluding carboxylic acids is 2. The number of carbonyl (C=O) groups is 2. The second kappa shape index (κ2) is 11.5. The second-order valence-corrected chi connectivity index (χ2v) is 11.4. The molecule has 0 spiro atoms. The Morgan fingerprint density at radius 2 is 1.74 bits per heavy atom. The molecule has 2 heterocycles. The Morgan fingerprint density at radius 1 is 1.10 bits per heavy atom. The fourth-order valence-electron chi connectivity index (χ4n) is 4.75. The van der Waals surface area contributed by atoms with Gasteiger partial charge < -0.3 is 29.2 Å². The SMILES string of the molecule is CC(=O)N[C@@H](C)CO[C@H]1CC[C@H](Oc2nc3c(F)cc(OC4CN(C(=O)OC(C)(C)C)C4)c(F)c3n2C)CC1.